The van der Waals surface area contributed by atoms with Gasteiger partial charge in [-0.15, -0.1) is 5.10 Å². The number of aromatic nitrogens is 3. The van der Waals surface area contributed by atoms with Crippen molar-refractivity contribution in [2.45, 2.75) is 20.4 Å². The van der Waals surface area contributed by atoms with Crippen LogP contribution in [0.2, 0.25) is 5.02 Å². The molecule has 28 heavy (non-hydrogen) atoms. The summed E-state index contributed by atoms with van der Waals surface area (Å²) in [6, 6.07) is 9.67. The molecule has 0 spiro atoms. The van der Waals surface area contributed by atoms with Crippen molar-refractivity contribution in [2.24, 2.45) is 0 Å². The van der Waals surface area contributed by atoms with Gasteiger partial charge in [0, 0.05) is 6.54 Å². The predicted octanol–water partition coefficient (Wildman–Crippen LogP) is 4.51. The summed E-state index contributed by atoms with van der Waals surface area (Å²) in [5.74, 6) is 2.32. The number of hydrogen-bond acceptors (Lipinski definition) is 7. The lowest BCUT2D eigenvalue weighted by molar-refractivity contribution is 0.354. The number of nitrogens with one attached hydrogen (secondary N) is 2. The number of ether oxygens (including phenoxy) is 2. The van der Waals surface area contributed by atoms with Gasteiger partial charge in [0.15, 0.2) is 17.3 Å². The van der Waals surface area contributed by atoms with Crippen molar-refractivity contribution in [1.29, 1.82) is 0 Å². The summed E-state index contributed by atoms with van der Waals surface area (Å²) in [5, 5.41) is 15.0. The Morgan fingerprint density at radius 3 is 2.54 bits per heavy atom. The Labute approximate surface area is 169 Å². The maximum absolute atomic E-state index is 6.34. The summed E-state index contributed by atoms with van der Waals surface area (Å²) in [7, 11) is 3.22. The summed E-state index contributed by atoms with van der Waals surface area (Å²) in [6.07, 6.45) is 1.57. The summed E-state index contributed by atoms with van der Waals surface area (Å²) < 4.78 is 10.6. The summed E-state index contributed by atoms with van der Waals surface area (Å²) >= 11 is 6.34. The van der Waals surface area contributed by atoms with E-state index in [1.54, 1.807) is 20.4 Å². The number of anilines is 3. The zero-order valence-electron chi connectivity index (χ0n) is 16.2. The number of rotatable bonds is 7. The van der Waals surface area contributed by atoms with E-state index in [4.69, 9.17) is 21.1 Å². The van der Waals surface area contributed by atoms with Crippen LogP contribution in [-0.4, -0.2) is 29.4 Å². The van der Waals surface area contributed by atoms with Crippen LogP contribution in [0.4, 0.5) is 17.5 Å². The van der Waals surface area contributed by atoms with Crippen molar-refractivity contribution in [3.8, 4) is 11.5 Å². The zero-order chi connectivity index (χ0) is 20.1. The number of hydrogen-bond donors (Lipinski definition) is 2. The number of halogens is 1. The molecule has 146 valence electrons. The van der Waals surface area contributed by atoms with Gasteiger partial charge in [0.1, 0.15) is 0 Å². The van der Waals surface area contributed by atoms with Gasteiger partial charge in [-0.3, -0.25) is 0 Å². The quantitative estimate of drug-likeness (QED) is 0.604. The lowest BCUT2D eigenvalue weighted by atomic mass is 10.1. The van der Waals surface area contributed by atoms with Gasteiger partial charge in [-0.2, -0.15) is 10.1 Å². The molecule has 8 heteroatoms. The Morgan fingerprint density at radius 2 is 1.82 bits per heavy atom. The molecule has 3 aromatic rings. The number of methoxy groups -OCH3 is 2. The van der Waals surface area contributed by atoms with Crippen LogP contribution < -0.4 is 20.1 Å². The second kappa shape index (κ2) is 8.75. The average Bonchev–Trinajstić information content (AvgIpc) is 2.69. The van der Waals surface area contributed by atoms with Crippen LogP contribution in [0, 0.1) is 13.8 Å². The third kappa shape index (κ3) is 4.61. The highest BCUT2D eigenvalue weighted by Gasteiger charge is 2.09. The Hall–Kier alpha value is -3.06. The fourth-order valence-electron chi connectivity index (χ4n) is 2.81. The third-order valence-electron chi connectivity index (χ3n) is 4.15. The molecular formula is C20H22ClN5O2. The first-order chi connectivity index (χ1) is 13.5. The van der Waals surface area contributed by atoms with Gasteiger partial charge in [0.05, 0.1) is 31.1 Å². The lowest BCUT2D eigenvalue weighted by Crippen LogP contribution is -2.06. The highest BCUT2D eigenvalue weighted by molar-refractivity contribution is 6.33. The molecule has 0 fully saturated rings. The van der Waals surface area contributed by atoms with E-state index < -0.39 is 0 Å². The van der Waals surface area contributed by atoms with Gasteiger partial charge in [-0.1, -0.05) is 23.7 Å². The van der Waals surface area contributed by atoms with E-state index in [9.17, 15) is 0 Å². The van der Waals surface area contributed by atoms with Crippen LogP contribution >= 0.6 is 11.6 Å². The van der Waals surface area contributed by atoms with E-state index in [1.807, 2.05) is 44.2 Å². The monoisotopic (exact) mass is 399 g/mol. The Kier molecular flexibility index (Phi) is 6.16. The Balaban J connectivity index is 1.72. The number of aryl methyl sites for hydroxylation is 2. The van der Waals surface area contributed by atoms with E-state index in [-0.39, 0.29) is 0 Å². The van der Waals surface area contributed by atoms with Gasteiger partial charge >= 0.3 is 0 Å². The van der Waals surface area contributed by atoms with E-state index in [0.29, 0.717) is 34.8 Å². The standard InChI is InChI=1S/C20H22ClN5O2/c1-12-7-13(2)19(15(21)8-12)25-20-24-18(11-23-26-20)22-10-14-5-6-16(27-3)17(9-14)28-4/h5-9,11H,10H2,1-4H3,(H2,22,24,25,26). The van der Waals surface area contributed by atoms with Crippen molar-refractivity contribution in [1.82, 2.24) is 15.2 Å². The minimum Gasteiger partial charge on any atom is -0.493 e. The first kappa shape index (κ1) is 19.7. The third-order valence-corrected chi connectivity index (χ3v) is 4.45. The van der Waals surface area contributed by atoms with Crippen LogP contribution in [0.3, 0.4) is 0 Å². The summed E-state index contributed by atoms with van der Waals surface area (Å²) in [6.45, 7) is 4.52. The molecule has 0 amide bonds. The molecule has 0 atom stereocenters. The van der Waals surface area contributed by atoms with Gasteiger partial charge in [-0.25, -0.2) is 0 Å². The molecule has 0 unspecified atom stereocenters. The van der Waals surface area contributed by atoms with Crippen molar-refractivity contribution < 1.29 is 9.47 Å². The molecule has 0 saturated heterocycles. The first-order valence-electron chi connectivity index (χ1n) is 8.68. The molecule has 0 aliphatic carbocycles. The van der Waals surface area contributed by atoms with E-state index >= 15 is 0 Å². The van der Waals surface area contributed by atoms with E-state index in [0.717, 1.165) is 22.4 Å². The largest absolute Gasteiger partial charge is 0.493 e. The van der Waals surface area contributed by atoms with Gasteiger partial charge in [0.25, 0.3) is 0 Å². The van der Waals surface area contributed by atoms with Crippen molar-refractivity contribution in [3.63, 3.8) is 0 Å². The molecule has 0 aliphatic heterocycles. The van der Waals surface area contributed by atoms with E-state index in [1.165, 1.54) is 0 Å². The molecule has 0 bridgehead atoms. The topological polar surface area (TPSA) is 81.2 Å². The first-order valence-corrected chi connectivity index (χ1v) is 9.06. The van der Waals surface area contributed by atoms with Crippen LogP contribution in [0.15, 0.2) is 36.5 Å². The predicted molar refractivity (Wildman–Crippen MR) is 111 cm³/mol. The molecule has 7 nitrogen and oxygen atoms in total. The smallest absolute Gasteiger partial charge is 0.249 e. The van der Waals surface area contributed by atoms with Gasteiger partial charge in [0.2, 0.25) is 5.95 Å². The molecule has 2 N–H and O–H groups in total. The van der Waals surface area contributed by atoms with Gasteiger partial charge in [-0.05, 0) is 48.7 Å². The highest BCUT2D eigenvalue weighted by Crippen LogP contribution is 2.30. The molecule has 2 aromatic carbocycles. The summed E-state index contributed by atoms with van der Waals surface area (Å²) in [4.78, 5) is 4.45. The molecule has 3 rings (SSSR count). The Bertz CT molecular complexity index is 958. The maximum atomic E-state index is 6.34. The highest BCUT2D eigenvalue weighted by atomic mass is 35.5. The van der Waals surface area contributed by atoms with Crippen molar-refractivity contribution in [3.05, 3.63) is 58.2 Å². The van der Waals surface area contributed by atoms with Crippen LogP contribution in [-0.2, 0) is 6.54 Å². The lowest BCUT2D eigenvalue weighted by Gasteiger charge is -2.12. The normalized spacial score (nSPS) is 10.5. The van der Waals surface area contributed by atoms with Crippen LogP contribution in [0.25, 0.3) is 0 Å². The van der Waals surface area contributed by atoms with Gasteiger partial charge < -0.3 is 20.1 Å². The van der Waals surface area contributed by atoms with Crippen LogP contribution in [0.5, 0.6) is 11.5 Å². The summed E-state index contributed by atoms with van der Waals surface area (Å²) in [5.41, 5.74) is 3.89. The SMILES string of the molecule is COc1ccc(CNc2cnnc(Nc3c(C)cc(C)cc3Cl)n2)cc1OC. The fourth-order valence-corrected chi connectivity index (χ4v) is 3.18. The van der Waals surface area contributed by atoms with Crippen LogP contribution in [0.1, 0.15) is 16.7 Å². The average molecular weight is 400 g/mol. The second-order valence-corrected chi connectivity index (χ2v) is 6.68. The fraction of sp³-hybridized carbons (Fsp3) is 0.250. The molecule has 1 aromatic heterocycles. The second-order valence-electron chi connectivity index (χ2n) is 6.27. The maximum Gasteiger partial charge on any atom is 0.249 e. The van der Waals surface area contributed by atoms with Crippen molar-refractivity contribution >= 4 is 29.1 Å². The minimum absolute atomic E-state index is 0.367. The zero-order valence-corrected chi connectivity index (χ0v) is 17.0. The molecule has 0 aliphatic rings. The number of nitrogens with zero attached hydrogens (tertiary/aromatic N) is 3. The Morgan fingerprint density at radius 1 is 1.04 bits per heavy atom. The molecular weight excluding hydrogens is 378 g/mol. The molecule has 1 heterocycles. The van der Waals surface area contributed by atoms with Crippen molar-refractivity contribution in [2.75, 3.05) is 24.9 Å². The molecule has 0 saturated carbocycles. The van der Waals surface area contributed by atoms with E-state index in [2.05, 4.69) is 25.8 Å². The number of benzene rings is 2. The minimum atomic E-state index is 0.367. The molecule has 0 radical (unpaired) electrons.